The van der Waals surface area contributed by atoms with Gasteiger partial charge in [-0.3, -0.25) is 4.79 Å². The van der Waals surface area contributed by atoms with Gasteiger partial charge in [-0.15, -0.1) is 11.6 Å². The molecule has 112 valence electrons. The third kappa shape index (κ3) is 3.64. The van der Waals surface area contributed by atoms with E-state index in [1.807, 2.05) is 45.0 Å². The molecule has 1 aromatic heterocycles. The fraction of sp³-hybridized carbons (Fsp3) is 0.375. The van der Waals surface area contributed by atoms with Gasteiger partial charge in [0.05, 0.1) is 17.7 Å². The number of hydrogen-bond donors (Lipinski definition) is 0. The summed E-state index contributed by atoms with van der Waals surface area (Å²) in [7, 11) is 0. The molecule has 0 amide bonds. The van der Waals surface area contributed by atoms with Gasteiger partial charge in [-0.05, 0) is 39.0 Å². The van der Waals surface area contributed by atoms with Crippen LogP contribution >= 0.6 is 11.6 Å². The van der Waals surface area contributed by atoms with Gasteiger partial charge in [0, 0.05) is 17.7 Å². The lowest BCUT2D eigenvalue weighted by molar-refractivity contribution is 0.242. The summed E-state index contributed by atoms with van der Waals surface area (Å²) in [5.41, 5.74) is 2.05. The first kappa shape index (κ1) is 15.6. The maximum absolute atomic E-state index is 12.0. The van der Waals surface area contributed by atoms with E-state index in [1.165, 1.54) is 4.68 Å². The zero-order valence-corrected chi connectivity index (χ0v) is 13.2. The van der Waals surface area contributed by atoms with Crippen molar-refractivity contribution >= 4 is 11.6 Å². The van der Waals surface area contributed by atoms with Crippen LogP contribution in [0, 0.1) is 0 Å². The third-order valence-corrected chi connectivity index (χ3v) is 3.28. The second-order valence-electron chi connectivity index (χ2n) is 5.00. The topological polar surface area (TPSA) is 44.1 Å². The molecule has 0 aliphatic rings. The molecule has 0 bridgehead atoms. The van der Waals surface area contributed by atoms with Gasteiger partial charge in [-0.1, -0.05) is 12.1 Å². The van der Waals surface area contributed by atoms with E-state index in [9.17, 15) is 4.79 Å². The number of aromatic nitrogens is 2. The molecule has 2 aromatic rings. The Labute approximate surface area is 129 Å². The first-order valence-corrected chi connectivity index (χ1v) is 7.52. The van der Waals surface area contributed by atoms with Crippen LogP contribution < -0.4 is 10.3 Å². The number of aryl methyl sites for hydroxylation is 1. The summed E-state index contributed by atoms with van der Waals surface area (Å²) in [6, 6.07) is 9.43. The van der Waals surface area contributed by atoms with Crippen molar-refractivity contribution in [1.82, 2.24) is 9.78 Å². The number of ether oxygens (including phenoxy) is 1. The molecule has 1 heterocycles. The van der Waals surface area contributed by atoms with Crippen molar-refractivity contribution in [3.05, 3.63) is 46.2 Å². The quantitative estimate of drug-likeness (QED) is 0.795. The van der Waals surface area contributed by atoms with E-state index in [-0.39, 0.29) is 17.5 Å². The maximum atomic E-state index is 12.0. The highest BCUT2D eigenvalue weighted by molar-refractivity contribution is 6.17. The zero-order valence-electron chi connectivity index (χ0n) is 12.5. The van der Waals surface area contributed by atoms with Gasteiger partial charge in [-0.2, -0.15) is 5.10 Å². The van der Waals surface area contributed by atoms with Crippen LogP contribution in [0.1, 0.15) is 26.3 Å². The van der Waals surface area contributed by atoms with Crippen molar-refractivity contribution in [2.24, 2.45) is 0 Å². The molecular weight excluding hydrogens is 288 g/mol. The molecule has 0 unspecified atom stereocenters. The summed E-state index contributed by atoms with van der Waals surface area (Å²) in [6.45, 7) is 6.36. The number of alkyl halides is 1. The van der Waals surface area contributed by atoms with E-state index < -0.39 is 0 Å². The molecule has 0 fully saturated rings. The summed E-state index contributed by atoms with van der Waals surface area (Å²) < 4.78 is 7.12. The minimum atomic E-state index is -0.133. The molecule has 5 heteroatoms. The van der Waals surface area contributed by atoms with Crippen molar-refractivity contribution in [2.45, 2.75) is 39.3 Å². The van der Waals surface area contributed by atoms with Crippen LogP contribution in [0.15, 0.2) is 35.1 Å². The van der Waals surface area contributed by atoms with Crippen LogP contribution in [-0.2, 0) is 12.4 Å². The largest absolute Gasteiger partial charge is 0.491 e. The number of hydrogen-bond acceptors (Lipinski definition) is 3. The van der Waals surface area contributed by atoms with Gasteiger partial charge < -0.3 is 4.74 Å². The molecule has 0 saturated carbocycles. The lowest BCUT2D eigenvalue weighted by Crippen LogP contribution is -2.25. The van der Waals surface area contributed by atoms with Crippen LogP contribution in [0.2, 0.25) is 0 Å². The summed E-state index contributed by atoms with van der Waals surface area (Å²) in [6.07, 6.45) is 0.108. The van der Waals surface area contributed by atoms with Crippen LogP contribution in [-0.4, -0.2) is 15.9 Å². The van der Waals surface area contributed by atoms with Crippen molar-refractivity contribution in [2.75, 3.05) is 0 Å². The van der Waals surface area contributed by atoms with Crippen LogP contribution in [0.4, 0.5) is 0 Å². The predicted octanol–water partition coefficient (Wildman–Crippen LogP) is 3.46. The normalized spacial score (nSPS) is 10.9. The lowest BCUT2D eigenvalue weighted by atomic mass is 10.1. The molecule has 2 rings (SSSR count). The molecule has 0 spiro atoms. The fourth-order valence-corrected chi connectivity index (χ4v) is 2.24. The Morgan fingerprint density at radius 1 is 1.33 bits per heavy atom. The molecular formula is C16H19ClN2O2. The molecule has 0 saturated heterocycles. The van der Waals surface area contributed by atoms with E-state index in [0.29, 0.717) is 12.1 Å². The SMILES string of the molecule is CCn1nc(-c2cccc(OC(C)C)c2)cc(CCl)c1=O. The minimum Gasteiger partial charge on any atom is -0.491 e. The molecule has 4 nitrogen and oxygen atoms in total. The standard InChI is InChI=1S/C16H19ClN2O2/c1-4-19-16(20)13(10-17)9-15(18-19)12-6-5-7-14(8-12)21-11(2)3/h5-9,11H,4,10H2,1-3H3. The Morgan fingerprint density at radius 2 is 2.10 bits per heavy atom. The average molecular weight is 307 g/mol. The second kappa shape index (κ2) is 6.76. The summed E-state index contributed by atoms with van der Waals surface area (Å²) in [5.74, 6) is 0.960. The molecule has 0 aliphatic carbocycles. The highest BCUT2D eigenvalue weighted by atomic mass is 35.5. The summed E-state index contributed by atoms with van der Waals surface area (Å²) in [4.78, 5) is 12.0. The van der Waals surface area contributed by atoms with Gasteiger partial charge in [-0.25, -0.2) is 4.68 Å². The molecule has 0 aliphatic heterocycles. The highest BCUT2D eigenvalue weighted by Gasteiger charge is 2.09. The van der Waals surface area contributed by atoms with Crippen LogP contribution in [0.25, 0.3) is 11.3 Å². The number of nitrogens with zero attached hydrogens (tertiary/aromatic N) is 2. The van der Waals surface area contributed by atoms with Crippen LogP contribution in [0.3, 0.4) is 0 Å². The van der Waals surface area contributed by atoms with Gasteiger partial charge in [0.2, 0.25) is 0 Å². The number of halogens is 1. The number of rotatable bonds is 5. The van der Waals surface area contributed by atoms with Gasteiger partial charge in [0.25, 0.3) is 5.56 Å². The molecule has 1 aromatic carbocycles. The van der Waals surface area contributed by atoms with E-state index in [1.54, 1.807) is 6.07 Å². The molecule has 0 N–H and O–H groups in total. The zero-order chi connectivity index (χ0) is 15.4. The second-order valence-corrected chi connectivity index (χ2v) is 5.27. The monoisotopic (exact) mass is 306 g/mol. The van der Waals surface area contributed by atoms with E-state index in [2.05, 4.69) is 5.10 Å². The van der Waals surface area contributed by atoms with Gasteiger partial charge in [0.1, 0.15) is 5.75 Å². The Bertz CT molecular complexity index is 652. The van der Waals surface area contributed by atoms with Crippen molar-refractivity contribution < 1.29 is 4.74 Å². The molecule has 21 heavy (non-hydrogen) atoms. The van der Waals surface area contributed by atoms with Crippen molar-refractivity contribution in [1.29, 1.82) is 0 Å². The minimum absolute atomic E-state index is 0.108. The number of benzene rings is 1. The van der Waals surface area contributed by atoms with Crippen molar-refractivity contribution in [3.63, 3.8) is 0 Å². The van der Waals surface area contributed by atoms with Crippen molar-refractivity contribution in [3.8, 4) is 17.0 Å². The third-order valence-electron chi connectivity index (χ3n) is 2.99. The first-order valence-electron chi connectivity index (χ1n) is 6.99. The smallest absolute Gasteiger partial charge is 0.271 e. The molecule has 0 radical (unpaired) electrons. The fourth-order valence-electron chi connectivity index (χ4n) is 2.05. The van der Waals surface area contributed by atoms with Crippen LogP contribution in [0.5, 0.6) is 5.75 Å². The first-order chi connectivity index (χ1) is 10.0. The maximum Gasteiger partial charge on any atom is 0.271 e. The predicted molar refractivity (Wildman–Crippen MR) is 84.9 cm³/mol. The Morgan fingerprint density at radius 3 is 2.71 bits per heavy atom. The Balaban J connectivity index is 2.48. The van der Waals surface area contributed by atoms with E-state index >= 15 is 0 Å². The van der Waals surface area contributed by atoms with E-state index in [0.717, 1.165) is 17.0 Å². The van der Waals surface area contributed by atoms with Gasteiger partial charge >= 0.3 is 0 Å². The Kier molecular flexibility index (Phi) is 5.02. The van der Waals surface area contributed by atoms with Gasteiger partial charge in [0.15, 0.2) is 0 Å². The van der Waals surface area contributed by atoms with E-state index in [4.69, 9.17) is 16.3 Å². The highest BCUT2D eigenvalue weighted by Crippen LogP contribution is 2.23. The molecule has 0 atom stereocenters. The summed E-state index contributed by atoms with van der Waals surface area (Å²) in [5, 5.41) is 4.38. The summed E-state index contributed by atoms with van der Waals surface area (Å²) >= 11 is 5.85. The average Bonchev–Trinajstić information content (AvgIpc) is 2.47. The lowest BCUT2D eigenvalue weighted by Gasteiger charge is -2.12. The Hall–Kier alpha value is -1.81.